The van der Waals surface area contributed by atoms with Crippen molar-refractivity contribution < 1.29 is 27.5 Å². The molecule has 2 N–H and O–H groups in total. The average Bonchev–Trinajstić information content (AvgIpc) is 2.94. The van der Waals surface area contributed by atoms with Crippen LogP contribution in [0.5, 0.6) is 0 Å². The van der Waals surface area contributed by atoms with Gasteiger partial charge >= 0.3 is 12.3 Å². The van der Waals surface area contributed by atoms with Gasteiger partial charge < -0.3 is 4.74 Å². The predicted octanol–water partition coefficient (Wildman–Crippen LogP) is 4.16. The maximum absolute atomic E-state index is 12.5. The lowest BCUT2D eigenvalue weighted by Gasteiger charge is -2.19. The van der Waals surface area contributed by atoms with E-state index in [2.05, 4.69) is 20.8 Å². The number of alkyl halides is 3. The zero-order chi connectivity index (χ0) is 19.5. The van der Waals surface area contributed by atoms with Crippen molar-refractivity contribution >= 4 is 34.2 Å². The highest BCUT2D eigenvalue weighted by molar-refractivity contribution is 7.15. The van der Waals surface area contributed by atoms with Crippen molar-refractivity contribution in [3.8, 4) is 0 Å². The second kappa shape index (κ2) is 7.28. The third-order valence-electron chi connectivity index (χ3n) is 2.66. The Labute approximate surface area is 150 Å². The Kier molecular flexibility index (Phi) is 5.50. The Hall–Kier alpha value is -2.69. The number of nitrogens with one attached hydrogen (secondary N) is 2. The first-order valence-electron chi connectivity index (χ1n) is 7.26. The van der Waals surface area contributed by atoms with E-state index in [1.165, 1.54) is 24.3 Å². The molecule has 1 heterocycles. The quantitative estimate of drug-likeness (QED) is 0.824. The Morgan fingerprint density at radius 2 is 1.81 bits per heavy atom. The molecule has 2 amide bonds. The highest BCUT2D eigenvalue weighted by Crippen LogP contribution is 2.33. The third-order valence-corrected chi connectivity index (χ3v) is 3.54. The number of benzene rings is 1. The number of rotatable bonds is 3. The van der Waals surface area contributed by atoms with Crippen LogP contribution in [0.3, 0.4) is 0 Å². The van der Waals surface area contributed by atoms with Crippen LogP contribution in [-0.4, -0.2) is 27.8 Å². The summed E-state index contributed by atoms with van der Waals surface area (Å²) in [6, 6.07) is 5.82. The van der Waals surface area contributed by atoms with Gasteiger partial charge in [0.2, 0.25) is 10.1 Å². The SMILES string of the molecule is CC(C)(C)OC(=O)Nc1cccc(C(=O)Nc2nnc(C(F)(F)F)s2)c1. The fraction of sp³-hybridized carbons (Fsp3) is 0.333. The van der Waals surface area contributed by atoms with E-state index in [0.717, 1.165) is 0 Å². The van der Waals surface area contributed by atoms with E-state index in [1.54, 1.807) is 20.8 Å². The number of carbonyl (C=O) groups is 2. The lowest BCUT2D eigenvalue weighted by Crippen LogP contribution is -2.27. The molecule has 2 aromatic rings. The zero-order valence-corrected chi connectivity index (χ0v) is 14.8. The lowest BCUT2D eigenvalue weighted by atomic mass is 10.2. The van der Waals surface area contributed by atoms with E-state index < -0.39 is 28.8 Å². The standard InChI is InChI=1S/C15H15F3N4O3S/c1-14(2,3)25-13(24)19-9-6-4-5-8(7-9)10(23)20-12-22-21-11(26-12)15(16,17)18/h4-7H,1-3H3,(H,19,24)(H,20,22,23). The Morgan fingerprint density at radius 3 is 2.38 bits per heavy atom. The molecule has 0 aliphatic heterocycles. The molecular formula is C15H15F3N4O3S. The Morgan fingerprint density at radius 1 is 1.12 bits per heavy atom. The van der Waals surface area contributed by atoms with E-state index in [-0.39, 0.29) is 22.0 Å². The molecule has 0 fully saturated rings. The highest BCUT2D eigenvalue weighted by Gasteiger charge is 2.35. The first-order valence-corrected chi connectivity index (χ1v) is 8.08. The Bertz CT molecular complexity index is 815. The van der Waals surface area contributed by atoms with Gasteiger partial charge in [-0.15, -0.1) is 10.2 Å². The minimum absolute atomic E-state index is 0.113. The van der Waals surface area contributed by atoms with Crippen LogP contribution >= 0.6 is 11.3 Å². The number of amides is 2. The summed E-state index contributed by atoms with van der Waals surface area (Å²) in [4.78, 5) is 23.9. The molecule has 0 aliphatic carbocycles. The number of anilines is 2. The van der Waals surface area contributed by atoms with E-state index in [1.807, 2.05) is 0 Å². The number of ether oxygens (including phenoxy) is 1. The second-order valence-corrected chi connectivity index (χ2v) is 7.05. The minimum Gasteiger partial charge on any atom is -0.444 e. The zero-order valence-electron chi connectivity index (χ0n) is 14.0. The Balaban J connectivity index is 2.06. The summed E-state index contributed by atoms with van der Waals surface area (Å²) >= 11 is 0.215. The second-order valence-electron chi connectivity index (χ2n) is 6.07. The number of aromatic nitrogens is 2. The van der Waals surface area contributed by atoms with Crippen LogP contribution in [-0.2, 0) is 10.9 Å². The number of halogens is 3. The number of carbonyl (C=O) groups excluding carboxylic acids is 2. The van der Waals surface area contributed by atoms with Crippen molar-refractivity contribution in [2.24, 2.45) is 0 Å². The molecule has 0 atom stereocenters. The molecular weight excluding hydrogens is 373 g/mol. The first-order chi connectivity index (χ1) is 11.9. The summed E-state index contributed by atoms with van der Waals surface area (Å²) in [5.74, 6) is -0.692. The number of hydrogen-bond donors (Lipinski definition) is 2. The molecule has 0 unspecified atom stereocenters. The fourth-order valence-electron chi connectivity index (χ4n) is 1.72. The summed E-state index contributed by atoms with van der Waals surface area (Å²) in [6.07, 6.45) is -5.33. The molecule has 0 bridgehead atoms. The van der Waals surface area contributed by atoms with E-state index in [4.69, 9.17) is 4.74 Å². The molecule has 11 heteroatoms. The van der Waals surface area contributed by atoms with Crippen molar-refractivity contribution in [2.45, 2.75) is 32.5 Å². The summed E-state index contributed by atoms with van der Waals surface area (Å²) in [7, 11) is 0. The van der Waals surface area contributed by atoms with Crippen LogP contribution in [0, 0.1) is 0 Å². The number of hydrogen-bond acceptors (Lipinski definition) is 6. The largest absolute Gasteiger partial charge is 0.445 e. The van der Waals surface area contributed by atoms with E-state index >= 15 is 0 Å². The van der Waals surface area contributed by atoms with Gasteiger partial charge in [-0.3, -0.25) is 15.4 Å². The predicted molar refractivity (Wildman–Crippen MR) is 89.2 cm³/mol. The van der Waals surface area contributed by atoms with Crippen molar-refractivity contribution in [3.63, 3.8) is 0 Å². The first kappa shape index (κ1) is 19.6. The molecule has 0 saturated heterocycles. The molecule has 26 heavy (non-hydrogen) atoms. The van der Waals surface area contributed by atoms with Crippen LogP contribution in [0.1, 0.15) is 36.1 Å². The van der Waals surface area contributed by atoms with Gasteiger partial charge in [0, 0.05) is 11.3 Å². The van der Waals surface area contributed by atoms with Crippen molar-refractivity contribution in [3.05, 3.63) is 34.8 Å². The summed E-state index contributed by atoms with van der Waals surface area (Å²) in [5.41, 5.74) is -0.282. The van der Waals surface area contributed by atoms with Gasteiger partial charge in [0.25, 0.3) is 5.91 Å². The minimum atomic E-state index is -4.63. The van der Waals surface area contributed by atoms with Crippen molar-refractivity contribution in [1.29, 1.82) is 0 Å². The summed E-state index contributed by atoms with van der Waals surface area (Å²) < 4.78 is 42.6. The van der Waals surface area contributed by atoms with E-state index in [9.17, 15) is 22.8 Å². The summed E-state index contributed by atoms with van der Waals surface area (Å²) in [6.45, 7) is 5.11. The normalized spacial score (nSPS) is 11.8. The van der Waals surface area contributed by atoms with Crippen LogP contribution in [0.2, 0.25) is 0 Å². The molecule has 0 radical (unpaired) electrons. The summed E-state index contributed by atoms with van der Waals surface area (Å²) in [5, 5.41) is 9.52. The van der Waals surface area contributed by atoms with E-state index in [0.29, 0.717) is 5.69 Å². The van der Waals surface area contributed by atoms with Gasteiger partial charge in [-0.2, -0.15) is 13.2 Å². The maximum atomic E-state index is 12.5. The topological polar surface area (TPSA) is 93.2 Å². The fourth-order valence-corrected chi connectivity index (χ4v) is 2.32. The smallest absolute Gasteiger partial charge is 0.444 e. The molecule has 1 aromatic heterocycles. The van der Waals surface area contributed by atoms with Gasteiger partial charge in [0.05, 0.1) is 0 Å². The van der Waals surface area contributed by atoms with Gasteiger partial charge in [0.15, 0.2) is 0 Å². The van der Waals surface area contributed by atoms with Gasteiger partial charge in [-0.1, -0.05) is 17.4 Å². The maximum Gasteiger partial charge on any atom is 0.445 e. The van der Waals surface area contributed by atoms with Gasteiger partial charge in [-0.05, 0) is 39.0 Å². The molecule has 1 aromatic carbocycles. The van der Waals surface area contributed by atoms with Crippen LogP contribution in [0.25, 0.3) is 0 Å². The third kappa shape index (κ3) is 5.69. The molecule has 7 nitrogen and oxygen atoms in total. The van der Waals surface area contributed by atoms with Crippen molar-refractivity contribution in [2.75, 3.05) is 10.6 Å². The molecule has 0 aliphatic rings. The van der Waals surface area contributed by atoms with Crippen molar-refractivity contribution in [1.82, 2.24) is 10.2 Å². The number of nitrogens with zero attached hydrogens (tertiary/aromatic N) is 2. The molecule has 0 saturated carbocycles. The van der Waals surface area contributed by atoms with Gasteiger partial charge in [0.1, 0.15) is 5.60 Å². The van der Waals surface area contributed by atoms with Crippen LogP contribution in [0.4, 0.5) is 28.8 Å². The molecule has 0 spiro atoms. The monoisotopic (exact) mass is 388 g/mol. The molecule has 2 rings (SSSR count). The van der Waals surface area contributed by atoms with Crippen LogP contribution in [0.15, 0.2) is 24.3 Å². The lowest BCUT2D eigenvalue weighted by molar-refractivity contribution is -0.138. The highest BCUT2D eigenvalue weighted by atomic mass is 32.1. The van der Waals surface area contributed by atoms with Gasteiger partial charge in [-0.25, -0.2) is 4.79 Å². The molecule has 140 valence electrons. The average molecular weight is 388 g/mol. The van der Waals surface area contributed by atoms with Crippen LogP contribution < -0.4 is 10.6 Å².